The van der Waals surface area contributed by atoms with E-state index in [1.165, 1.54) is 0 Å². The van der Waals surface area contributed by atoms with Gasteiger partial charge in [0.2, 0.25) is 5.91 Å². The van der Waals surface area contributed by atoms with Crippen molar-refractivity contribution in [2.45, 2.75) is 63.7 Å². The van der Waals surface area contributed by atoms with Gasteiger partial charge in [0.05, 0.1) is 12.2 Å². The summed E-state index contributed by atoms with van der Waals surface area (Å²) in [4.78, 5) is 14.1. The van der Waals surface area contributed by atoms with Crippen LogP contribution in [0, 0.1) is 0 Å². The first-order chi connectivity index (χ1) is 8.69. The van der Waals surface area contributed by atoms with Crippen LogP contribution in [0.5, 0.6) is 0 Å². The molecule has 1 N–H and O–H groups in total. The number of carbonyl (C=O) groups excluding carboxylic acids is 1. The highest BCUT2D eigenvalue weighted by atomic mass is 35.5. The SMILES string of the molecule is CNC1CCN(C(=O)CCC2CCC(C)O2)CC1.Cl. The van der Waals surface area contributed by atoms with Crippen LogP contribution in [0.2, 0.25) is 0 Å². The Bertz CT molecular complexity index is 281. The third-order valence-corrected chi connectivity index (χ3v) is 4.26. The van der Waals surface area contributed by atoms with E-state index in [2.05, 4.69) is 12.2 Å². The topological polar surface area (TPSA) is 41.6 Å². The third kappa shape index (κ3) is 4.93. The predicted octanol–water partition coefficient (Wildman–Crippen LogP) is 1.97. The van der Waals surface area contributed by atoms with Crippen LogP contribution < -0.4 is 5.32 Å². The smallest absolute Gasteiger partial charge is 0.222 e. The molecule has 112 valence electrons. The fourth-order valence-corrected chi connectivity index (χ4v) is 2.96. The normalized spacial score (nSPS) is 28.2. The van der Waals surface area contributed by atoms with Gasteiger partial charge in [-0.3, -0.25) is 4.79 Å². The Morgan fingerprint density at radius 3 is 2.47 bits per heavy atom. The van der Waals surface area contributed by atoms with Crippen molar-refractivity contribution in [1.29, 1.82) is 0 Å². The Morgan fingerprint density at radius 1 is 1.26 bits per heavy atom. The minimum Gasteiger partial charge on any atom is -0.375 e. The molecule has 0 aliphatic carbocycles. The fraction of sp³-hybridized carbons (Fsp3) is 0.929. The van der Waals surface area contributed by atoms with Crippen LogP contribution in [-0.4, -0.2) is 49.2 Å². The van der Waals surface area contributed by atoms with Gasteiger partial charge in [0.25, 0.3) is 0 Å². The largest absolute Gasteiger partial charge is 0.375 e. The summed E-state index contributed by atoms with van der Waals surface area (Å²) in [7, 11) is 2.00. The molecule has 19 heavy (non-hydrogen) atoms. The van der Waals surface area contributed by atoms with E-state index in [4.69, 9.17) is 4.74 Å². The molecule has 2 aliphatic heterocycles. The molecule has 2 fully saturated rings. The van der Waals surface area contributed by atoms with Crippen molar-refractivity contribution >= 4 is 18.3 Å². The molecule has 0 aromatic rings. The Balaban J connectivity index is 0.00000180. The van der Waals surface area contributed by atoms with Crippen molar-refractivity contribution in [3.63, 3.8) is 0 Å². The average molecular weight is 291 g/mol. The molecule has 0 aromatic heterocycles. The second kappa shape index (κ2) is 8.08. The zero-order valence-corrected chi connectivity index (χ0v) is 12.9. The van der Waals surface area contributed by atoms with Crippen molar-refractivity contribution in [1.82, 2.24) is 10.2 Å². The van der Waals surface area contributed by atoms with E-state index in [-0.39, 0.29) is 12.4 Å². The highest BCUT2D eigenvalue weighted by Gasteiger charge is 2.25. The number of halogens is 1. The van der Waals surface area contributed by atoms with E-state index in [0.29, 0.717) is 30.6 Å². The molecule has 2 saturated heterocycles. The van der Waals surface area contributed by atoms with Crippen LogP contribution in [0.4, 0.5) is 0 Å². The molecule has 2 heterocycles. The first-order valence-electron chi connectivity index (χ1n) is 7.29. The van der Waals surface area contributed by atoms with Crippen molar-refractivity contribution < 1.29 is 9.53 Å². The molecule has 0 radical (unpaired) electrons. The number of piperidine rings is 1. The van der Waals surface area contributed by atoms with Crippen molar-refractivity contribution in [2.75, 3.05) is 20.1 Å². The van der Waals surface area contributed by atoms with E-state index < -0.39 is 0 Å². The van der Waals surface area contributed by atoms with Gasteiger partial charge in [0.1, 0.15) is 0 Å². The van der Waals surface area contributed by atoms with E-state index in [0.717, 1.165) is 45.2 Å². The van der Waals surface area contributed by atoms with Crippen LogP contribution in [0.1, 0.15) is 45.4 Å². The Labute approximate surface area is 122 Å². The van der Waals surface area contributed by atoms with Gasteiger partial charge < -0.3 is 15.0 Å². The Hall–Kier alpha value is -0.320. The van der Waals surface area contributed by atoms with Gasteiger partial charge in [0.15, 0.2) is 0 Å². The number of amides is 1. The van der Waals surface area contributed by atoms with Gasteiger partial charge in [-0.25, -0.2) is 0 Å². The summed E-state index contributed by atoms with van der Waals surface area (Å²) in [5.74, 6) is 0.313. The van der Waals surface area contributed by atoms with Gasteiger partial charge in [-0.2, -0.15) is 0 Å². The lowest BCUT2D eigenvalue weighted by Gasteiger charge is -2.32. The molecular formula is C14H27ClN2O2. The van der Waals surface area contributed by atoms with Crippen molar-refractivity contribution in [3.05, 3.63) is 0 Å². The van der Waals surface area contributed by atoms with Gasteiger partial charge in [0, 0.05) is 25.6 Å². The van der Waals surface area contributed by atoms with E-state index in [1.807, 2.05) is 11.9 Å². The Morgan fingerprint density at radius 2 is 1.95 bits per heavy atom. The zero-order chi connectivity index (χ0) is 13.0. The summed E-state index contributed by atoms with van der Waals surface area (Å²) < 4.78 is 5.75. The molecule has 2 aliphatic rings. The second-order valence-electron chi connectivity index (χ2n) is 5.63. The summed E-state index contributed by atoms with van der Waals surface area (Å²) in [6, 6.07) is 0.591. The molecule has 2 unspecified atom stereocenters. The lowest BCUT2D eigenvalue weighted by Crippen LogP contribution is -2.44. The van der Waals surface area contributed by atoms with Crippen LogP contribution >= 0.6 is 12.4 Å². The number of hydrogen-bond donors (Lipinski definition) is 1. The summed E-state index contributed by atoms with van der Waals surface area (Å²) in [6.45, 7) is 3.93. The van der Waals surface area contributed by atoms with Crippen molar-refractivity contribution in [3.8, 4) is 0 Å². The Kier molecular flexibility index (Phi) is 7.11. The standard InChI is InChI=1S/C14H26N2O2.ClH/c1-11-3-4-13(18-11)5-6-14(17)16-9-7-12(15-2)8-10-16;/h11-13,15H,3-10H2,1-2H3;1H. The van der Waals surface area contributed by atoms with Crippen LogP contribution in [0.25, 0.3) is 0 Å². The molecule has 0 spiro atoms. The number of nitrogens with zero attached hydrogens (tertiary/aromatic N) is 1. The lowest BCUT2D eigenvalue weighted by molar-refractivity contribution is -0.133. The first-order valence-corrected chi connectivity index (χ1v) is 7.29. The van der Waals surface area contributed by atoms with Gasteiger partial charge >= 0.3 is 0 Å². The molecular weight excluding hydrogens is 264 g/mol. The third-order valence-electron chi connectivity index (χ3n) is 4.26. The molecule has 0 aromatic carbocycles. The fourth-order valence-electron chi connectivity index (χ4n) is 2.96. The molecule has 2 atom stereocenters. The van der Waals surface area contributed by atoms with E-state index in [1.54, 1.807) is 0 Å². The highest BCUT2D eigenvalue weighted by Crippen LogP contribution is 2.23. The van der Waals surface area contributed by atoms with Crippen LogP contribution in [-0.2, 0) is 9.53 Å². The average Bonchev–Trinajstić information content (AvgIpc) is 2.82. The number of ether oxygens (including phenoxy) is 1. The molecule has 5 heteroatoms. The summed E-state index contributed by atoms with van der Waals surface area (Å²) >= 11 is 0. The van der Waals surface area contributed by atoms with Crippen LogP contribution in [0.15, 0.2) is 0 Å². The minimum absolute atomic E-state index is 0. The first kappa shape index (κ1) is 16.7. The minimum atomic E-state index is 0. The molecule has 0 bridgehead atoms. The van der Waals surface area contributed by atoms with Gasteiger partial charge in [-0.05, 0) is 46.1 Å². The number of nitrogens with one attached hydrogen (secondary N) is 1. The highest BCUT2D eigenvalue weighted by molar-refractivity contribution is 5.85. The number of carbonyl (C=O) groups is 1. The predicted molar refractivity (Wildman–Crippen MR) is 78.7 cm³/mol. The number of hydrogen-bond acceptors (Lipinski definition) is 3. The quantitative estimate of drug-likeness (QED) is 0.861. The molecule has 4 nitrogen and oxygen atoms in total. The maximum atomic E-state index is 12.1. The summed E-state index contributed by atoms with van der Waals surface area (Å²) in [6.07, 6.45) is 6.69. The van der Waals surface area contributed by atoms with E-state index in [9.17, 15) is 4.79 Å². The lowest BCUT2D eigenvalue weighted by atomic mass is 10.0. The monoisotopic (exact) mass is 290 g/mol. The van der Waals surface area contributed by atoms with Crippen LogP contribution in [0.3, 0.4) is 0 Å². The summed E-state index contributed by atoms with van der Waals surface area (Å²) in [5, 5.41) is 3.29. The molecule has 1 amide bonds. The number of rotatable bonds is 4. The van der Waals surface area contributed by atoms with Gasteiger partial charge in [-0.15, -0.1) is 12.4 Å². The maximum Gasteiger partial charge on any atom is 0.222 e. The zero-order valence-electron chi connectivity index (χ0n) is 12.1. The summed E-state index contributed by atoms with van der Waals surface area (Å²) in [5.41, 5.74) is 0. The van der Waals surface area contributed by atoms with E-state index >= 15 is 0 Å². The maximum absolute atomic E-state index is 12.1. The van der Waals surface area contributed by atoms with Gasteiger partial charge in [-0.1, -0.05) is 0 Å². The second-order valence-corrected chi connectivity index (χ2v) is 5.63. The molecule has 2 rings (SSSR count). The molecule has 0 saturated carbocycles. The van der Waals surface area contributed by atoms with Crippen molar-refractivity contribution in [2.24, 2.45) is 0 Å². The number of likely N-dealkylation sites (tertiary alicyclic amines) is 1.